The molecule has 1 aliphatic rings. The predicted molar refractivity (Wildman–Crippen MR) is 65.3 cm³/mol. The van der Waals surface area contributed by atoms with E-state index < -0.39 is 0 Å². The lowest BCUT2D eigenvalue weighted by Gasteiger charge is -2.18. The standard InChI is InChI=1S/C13H16OS/c1-9(11-6-4-3-5-7-11)13-8-12(14)10(2)15-13/h3-7,9-10,13H,8H2,1-2H3. The predicted octanol–water partition coefficient (Wildman–Crippen LogP) is 3.25. The van der Waals surface area contributed by atoms with Gasteiger partial charge in [0.1, 0.15) is 5.78 Å². The number of rotatable bonds is 2. The number of ketones is 1. The fourth-order valence-electron chi connectivity index (χ4n) is 2.02. The van der Waals surface area contributed by atoms with Crippen molar-refractivity contribution in [3.8, 4) is 0 Å². The van der Waals surface area contributed by atoms with E-state index in [0.29, 0.717) is 17.0 Å². The number of carbonyl (C=O) groups excluding carboxylic acids is 1. The Bertz CT molecular complexity index is 347. The largest absolute Gasteiger partial charge is 0.298 e. The van der Waals surface area contributed by atoms with Gasteiger partial charge >= 0.3 is 0 Å². The molecule has 0 aromatic heterocycles. The molecule has 2 rings (SSSR count). The number of hydrogen-bond donors (Lipinski definition) is 0. The molecule has 1 aliphatic heterocycles. The van der Waals surface area contributed by atoms with Crippen molar-refractivity contribution in [2.75, 3.05) is 0 Å². The highest BCUT2D eigenvalue weighted by Gasteiger charge is 2.33. The Morgan fingerprint density at radius 3 is 2.53 bits per heavy atom. The maximum absolute atomic E-state index is 11.5. The van der Waals surface area contributed by atoms with Crippen molar-refractivity contribution < 1.29 is 4.79 Å². The summed E-state index contributed by atoms with van der Waals surface area (Å²) in [6.07, 6.45) is 0.738. The minimum Gasteiger partial charge on any atom is -0.298 e. The highest BCUT2D eigenvalue weighted by atomic mass is 32.2. The van der Waals surface area contributed by atoms with Gasteiger partial charge in [-0.2, -0.15) is 0 Å². The molecule has 0 saturated carbocycles. The van der Waals surface area contributed by atoms with Crippen molar-refractivity contribution in [2.45, 2.75) is 36.7 Å². The number of carbonyl (C=O) groups is 1. The van der Waals surface area contributed by atoms with Crippen LogP contribution in [0.3, 0.4) is 0 Å². The van der Waals surface area contributed by atoms with Gasteiger partial charge in [0.25, 0.3) is 0 Å². The number of thioether (sulfide) groups is 1. The van der Waals surface area contributed by atoms with Crippen LogP contribution in [0.15, 0.2) is 30.3 Å². The molecule has 1 fully saturated rings. The number of hydrogen-bond acceptors (Lipinski definition) is 2. The van der Waals surface area contributed by atoms with E-state index in [4.69, 9.17) is 0 Å². The maximum Gasteiger partial charge on any atom is 0.146 e. The van der Waals surface area contributed by atoms with Crippen molar-refractivity contribution in [3.05, 3.63) is 35.9 Å². The summed E-state index contributed by atoms with van der Waals surface area (Å²) in [5.41, 5.74) is 1.34. The van der Waals surface area contributed by atoms with Gasteiger partial charge in [-0.25, -0.2) is 0 Å². The average molecular weight is 220 g/mol. The minimum absolute atomic E-state index is 0.196. The van der Waals surface area contributed by atoms with Crippen LogP contribution in [0.4, 0.5) is 0 Å². The SMILES string of the molecule is CC1SC(C(C)c2ccccc2)CC1=O. The molecular formula is C13H16OS. The van der Waals surface area contributed by atoms with Gasteiger partial charge in [0.15, 0.2) is 0 Å². The van der Waals surface area contributed by atoms with Gasteiger partial charge in [-0.15, -0.1) is 11.8 Å². The summed E-state index contributed by atoms with van der Waals surface area (Å²) in [7, 11) is 0. The lowest BCUT2D eigenvalue weighted by atomic mass is 9.94. The van der Waals surface area contributed by atoms with E-state index in [0.717, 1.165) is 6.42 Å². The second-order valence-electron chi connectivity index (χ2n) is 4.19. The van der Waals surface area contributed by atoms with Crippen LogP contribution < -0.4 is 0 Å². The van der Waals surface area contributed by atoms with E-state index in [-0.39, 0.29) is 5.25 Å². The maximum atomic E-state index is 11.5. The van der Waals surface area contributed by atoms with Crippen molar-refractivity contribution in [1.82, 2.24) is 0 Å². The molecule has 0 radical (unpaired) electrons. The summed E-state index contributed by atoms with van der Waals surface area (Å²) in [5, 5.41) is 0.663. The molecule has 1 nitrogen and oxygen atoms in total. The number of Topliss-reactive ketones (excluding diaryl/α,β-unsaturated/α-hetero) is 1. The molecular weight excluding hydrogens is 204 g/mol. The molecule has 1 heterocycles. The first-order valence-corrected chi connectivity index (χ1v) is 6.36. The van der Waals surface area contributed by atoms with E-state index in [1.807, 2.05) is 24.8 Å². The highest BCUT2D eigenvalue weighted by molar-refractivity contribution is 8.01. The first-order chi connectivity index (χ1) is 7.18. The quantitative estimate of drug-likeness (QED) is 0.761. The number of benzene rings is 1. The Morgan fingerprint density at radius 1 is 1.33 bits per heavy atom. The zero-order valence-corrected chi connectivity index (χ0v) is 9.96. The van der Waals surface area contributed by atoms with Crippen LogP contribution in [0.2, 0.25) is 0 Å². The van der Waals surface area contributed by atoms with E-state index in [2.05, 4.69) is 31.2 Å². The topological polar surface area (TPSA) is 17.1 Å². The molecule has 1 aromatic rings. The lowest BCUT2D eigenvalue weighted by molar-refractivity contribution is -0.117. The fourth-order valence-corrected chi connectivity index (χ4v) is 3.44. The van der Waals surface area contributed by atoms with Crippen LogP contribution in [-0.2, 0) is 4.79 Å². The van der Waals surface area contributed by atoms with Gasteiger partial charge in [-0.3, -0.25) is 4.79 Å². The molecule has 0 N–H and O–H groups in total. The molecule has 2 heteroatoms. The average Bonchev–Trinajstić information content (AvgIpc) is 2.59. The van der Waals surface area contributed by atoms with Gasteiger partial charge < -0.3 is 0 Å². The Labute approximate surface area is 95.3 Å². The van der Waals surface area contributed by atoms with E-state index in [1.165, 1.54) is 5.56 Å². The Kier molecular flexibility index (Phi) is 3.15. The van der Waals surface area contributed by atoms with Crippen LogP contribution in [0.25, 0.3) is 0 Å². The van der Waals surface area contributed by atoms with Gasteiger partial charge in [-0.05, 0) is 18.4 Å². The van der Waals surface area contributed by atoms with Crippen molar-refractivity contribution >= 4 is 17.5 Å². The molecule has 3 unspecified atom stereocenters. The normalized spacial score (nSPS) is 28.0. The molecule has 1 saturated heterocycles. The third-order valence-electron chi connectivity index (χ3n) is 3.12. The second-order valence-corrected chi connectivity index (χ2v) is 5.77. The second kappa shape index (κ2) is 4.40. The monoisotopic (exact) mass is 220 g/mol. The zero-order valence-electron chi connectivity index (χ0n) is 9.14. The highest BCUT2D eigenvalue weighted by Crippen LogP contribution is 2.39. The molecule has 0 spiro atoms. The third-order valence-corrected chi connectivity index (χ3v) is 4.71. The zero-order chi connectivity index (χ0) is 10.8. The molecule has 0 aliphatic carbocycles. The van der Waals surface area contributed by atoms with Gasteiger partial charge in [-0.1, -0.05) is 37.3 Å². The molecule has 1 aromatic carbocycles. The van der Waals surface area contributed by atoms with Crippen LogP contribution in [0, 0.1) is 0 Å². The van der Waals surface area contributed by atoms with Crippen molar-refractivity contribution in [2.24, 2.45) is 0 Å². The molecule has 80 valence electrons. The summed E-state index contributed by atoms with van der Waals surface area (Å²) in [5.74, 6) is 0.887. The van der Waals surface area contributed by atoms with Gasteiger partial charge in [0.2, 0.25) is 0 Å². The van der Waals surface area contributed by atoms with Crippen molar-refractivity contribution in [1.29, 1.82) is 0 Å². The molecule has 3 atom stereocenters. The van der Waals surface area contributed by atoms with E-state index in [1.54, 1.807) is 0 Å². The third kappa shape index (κ3) is 2.25. The van der Waals surface area contributed by atoms with Crippen LogP contribution in [0.1, 0.15) is 31.7 Å². The summed E-state index contributed by atoms with van der Waals surface area (Å²) in [6.45, 7) is 4.24. The summed E-state index contributed by atoms with van der Waals surface area (Å²) in [6, 6.07) is 10.5. The van der Waals surface area contributed by atoms with Crippen LogP contribution in [0.5, 0.6) is 0 Å². The van der Waals surface area contributed by atoms with Crippen LogP contribution >= 0.6 is 11.8 Å². The summed E-state index contributed by atoms with van der Waals surface area (Å²) >= 11 is 1.83. The van der Waals surface area contributed by atoms with Gasteiger partial charge in [0, 0.05) is 11.7 Å². The Morgan fingerprint density at radius 2 is 2.00 bits per heavy atom. The summed E-state index contributed by atoms with van der Waals surface area (Å²) < 4.78 is 0. The van der Waals surface area contributed by atoms with E-state index in [9.17, 15) is 4.79 Å². The minimum atomic E-state index is 0.196. The molecule has 0 amide bonds. The first-order valence-electron chi connectivity index (χ1n) is 5.41. The Balaban J connectivity index is 2.10. The Hall–Kier alpha value is -0.760. The van der Waals surface area contributed by atoms with Gasteiger partial charge in [0.05, 0.1) is 5.25 Å². The lowest BCUT2D eigenvalue weighted by Crippen LogP contribution is -2.10. The van der Waals surface area contributed by atoms with E-state index >= 15 is 0 Å². The fraction of sp³-hybridized carbons (Fsp3) is 0.462. The van der Waals surface area contributed by atoms with Crippen LogP contribution in [-0.4, -0.2) is 16.3 Å². The molecule has 15 heavy (non-hydrogen) atoms. The van der Waals surface area contributed by atoms with Crippen molar-refractivity contribution in [3.63, 3.8) is 0 Å². The first kappa shape index (κ1) is 10.7. The smallest absolute Gasteiger partial charge is 0.146 e. The summed E-state index contributed by atoms with van der Waals surface area (Å²) in [4.78, 5) is 11.5. The molecule has 0 bridgehead atoms.